The molecule has 2 N–H and O–H groups in total. The molecule has 2 aromatic carbocycles. The Balaban J connectivity index is 1.39. The van der Waals surface area contributed by atoms with Gasteiger partial charge in [0.15, 0.2) is 11.9 Å². The number of rotatable bonds is 5. The van der Waals surface area contributed by atoms with Crippen LogP contribution in [0.25, 0.3) is 11.4 Å². The average Bonchev–Trinajstić information content (AvgIpc) is 3.49. The summed E-state index contributed by atoms with van der Waals surface area (Å²) in [4.78, 5) is 31.7. The number of ether oxygens (including phenoxy) is 1. The predicted octanol–water partition coefficient (Wildman–Crippen LogP) is 3.41. The van der Waals surface area contributed by atoms with Crippen LogP contribution in [0.5, 0.6) is 5.75 Å². The molecular formula is C23H23N5O3. The molecule has 5 rings (SSSR count). The van der Waals surface area contributed by atoms with Crippen LogP contribution in [0, 0.1) is 6.92 Å². The summed E-state index contributed by atoms with van der Waals surface area (Å²) in [5.41, 5.74) is 2.99. The molecule has 0 bridgehead atoms. The van der Waals surface area contributed by atoms with Crippen LogP contribution in [0.3, 0.4) is 0 Å². The van der Waals surface area contributed by atoms with Gasteiger partial charge in [-0.1, -0.05) is 23.8 Å². The SMILES string of the molecule is Cc1ccc(NC(=O)CN2C(=O)C(C)Oc3ccccc32)c(-c2n[nH]c(C3CC3)n2)c1. The molecular weight excluding hydrogens is 394 g/mol. The number of H-pyrrole nitrogens is 1. The first kappa shape index (κ1) is 19.3. The van der Waals surface area contributed by atoms with E-state index in [2.05, 4.69) is 20.5 Å². The van der Waals surface area contributed by atoms with Gasteiger partial charge in [-0.15, -0.1) is 0 Å². The molecule has 2 amide bonds. The van der Waals surface area contributed by atoms with E-state index in [4.69, 9.17) is 4.74 Å². The van der Waals surface area contributed by atoms with Gasteiger partial charge in [-0.25, -0.2) is 4.98 Å². The van der Waals surface area contributed by atoms with Gasteiger partial charge in [0.2, 0.25) is 5.91 Å². The normalized spacial score (nSPS) is 17.8. The molecule has 0 spiro atoms. The van der Waals surface area contributed by atoms with E-state index in [0.717, 1.165) is 29.8 Å². The van der Waals surface area contributed by atoms with Gasteiger partial charge >= 0.3 is 0 Å². The Kier molecular flexibility index (Phi) is 4.69. The summed E-state index contributed by atoms with van der Waals surface area (Å²) in [7, 11) is 0. The second-order valence-corrected chi connectivity index (χ2v) is 8.07. The van der Waals surface area contributed by atoms with Crippen molar-refractivity contribution in [2.75, 3.05) is 16.8 Å². The number of hydrogen-bond acceptors (Lipinski definition) is 5. The van der Waals surface area contributed by atoms with Gasteiger partial charge in [0.1, 0.15) is 18.1 Å². The standard InChI is InChI=1S/C23H23N5O3/c1-13-7-10-17(16(11-13)22-25-21(26-27-22)15-8-9-15)24-20(29)12-28-18-5-3-4-6-19(18)31-14(2)23(28)30/h3-7,10-11,14-15H,8-9,12H2,1-2H3,(H,24,29)(H,25,26,27). The van der Waals surface area contributed by atoms with Crippen LogP contribution in [0.4, 0.5) is 11.4 Å². The minimum absolute atomic E-state index is 0.113. The van der Waals surface area contributed by atoms with E-state index >= 15 is 0 Å². The van der Waals surface area contributed by atoms with Crippen molar-refractivity contribution in [1.29, 1.82) is 0 Å². The van der Waals surface area contributed by atoms with Crippen molar-refractivity contribution in [1.82, 2.24) is 15.2 Å². The lowest BCUT2D eigenvalue weighted by molar-refractivity contribution is -0.127. The highest BCUT2D eigenvalue weighted by Gasteiger charge is 2.33. The Morgan fingerprint density at radius 1 is 1.26 bits per heavy atom. The van der Waals surface area contributed by atoms with Gasteiger partial charge in [0.25, 0.3) is 5.91 Å². The third-order valence-corrected chi connectivity index (χ3v) is 5.53. The van der Waals surface area contributed by atoms with Gasteiger partial charge in [-0.05, 0) is 51.0 Å². The molecule has 31 heavy (non-hydrogen) atoms. The smallest absolute Gasteiger partial charge is 0.268 e. The topological polar surface area (TPSA) is 100 Å². The molecule has 1 unspecified atom stereocenters. The number of benzene rings is 2. The zero-order valence-corrected chi connectivity index (χ0v) is 17.4. The number of aromatic nitrogens is 3. The first-order valence-electron chi connectivity index (χ1n) is 10.4. The van der Waals surface area contributed by atoms with E-state index in [-0.39, 0.29) is 18.4 Å². The second kappa shape index (κ2) is 7.54. The zero-order valence-electron chi connectivity index (χ0n) is 17.4. The number of carbonyl (C=O) groups excluding carboxylic acids is 2. The maximum absolute atomic E-state index is 12.9. The number of nitrogens with zero attached hydrogens (tertiary/aromatic N) is 3. The van der Waals surface area contributed by atoms with Crippen molar-refractivity contribution in [3.8, 4) is 17.1 Å². The van der Waals surface area contributed by atoms with Gasteiger partial charge in [0, 0.05) is 11.5 Å². The molecule has 1 aliphatic carbocycles. The number of amides is 2. The number of carbonyl (C=O) groups is 2. The molecule has 1 aromatic heterocycles. The molecule has 1 fully saturated rings. The summed E-state index contributed by atoms with van der Waals surface area (Å²) >= 11 is 0. The first-order chi connectivity index (χ1) is 15.0. The van der Waals surface area contributed by atoms with Crippen LogP contribution >= 0.6 is 0 Å². The van der Waals surface area contributed by atoms with E-state index in [1.165, 1.54) is 4.90 Å². The Morgan fingerprint density at radius 3 is 2.87 bits per heavy atom. The molecule has 158 valence electrons. The number of fused-ring (bicyclic) bond motifs is 1. The van der Waals surface area contributed by atoms with Crippen LogP contribution < -0.4 is 15.0 Å². The summed E-state index contributed by atoms with van der Waals surface area (Å²) in [5.74, 6) is 1.94. The second-order valence-electron chi connectivity index (χ2n) is 8.07. The van der Waals surface area contributed by atoms with Gasteiger partial charge in [0.05, 0.1) is 11.4 Å². The van der Waals surface area contributed by atoms with Crippen molar-refractivity contribution in [3.63, 3.8) is 0 Å². The summed E-state index contributed by atoms with van der Waals surface area (Å²) in [6, 6.07) is 12.9. The summed E-state index contributed by atoms with van der Waals surface area (Å²) in [6.45, 7) is 3.55. The molecule has 0 radical (unpaired) electrons. The zero-order chi connectivity index (χ0) is 21.5. The molecule has 2 heterocycles. The van der Waals surface area contributed by atoms with Crippen LogP contribution in [0.15, 0.2) is 42.5 Å². The number of hydrogen-bond donors (Lipinski definition) is 2. The van der Waals surface area contributed by atoms with E-state index in [9.17, 15) is 9.59 Å². The number of anilines is 2. The fraction of sp³-hybridized carbons (Fsp3) is 0.304. The van der Waals surface area contributed by atoms with Crippen LogP contribution in [-0.2, 0) is 9.59 Å². The molecule has 1 aliphatic heterocycles. The van der Waals surface area contributed by atoms with E-state index in [1.807, 2.05) is 37.3 Å². The van der Waals surface area contributed by atoms with E-state index < -0.39 is 6.10 Å². The summed E-state index contributed by atoms with van der Waals surface area (Å²) < 4.78 is 5.65. The van der Waals surface area contributed by atoms with Gasteiger partial charge in [-0.2, -0.15) is 5.10 Å². The number of nitrogens with one attached hydrogen (secondary N) is 2. The minimum Gasteiger partial charge on any atom is -0.479 e. The Labute approximate surface area is 179 Å². The van der Waals surface area contributed by atoms with Crippen molar-refractivity contribution in [2.24, 2.45) is 0 Å². The van der Waals surface area contributed by atoms with Crippen molar-refractivity contribution in [2.45, 2.75) is 38.7 Å². The molecule has 8 heteroatoms. The monoisotopic (exact) mass is 417 g/mol. The first-order valence-corrected chi connectivity index (χ1v) is 10.4. The fourth-order valence-electron chi connectivity index (χ4n) is 3.74. The van der Waals surface area contributed by atoms with Crippen LogP contribution in [-0.4, -0.2) is 39.6 Å². The Bertz CT molecular complexity index is 1170. The molecule has 0 saturated heterocycles. The average molecular weight is 417 g/mol. The third kappa shape index (κ3) is 3.76. The maximum Gasteiger partial charge on any atom is 0.268 e. The molecule has 1 atom stereocenters. The van der Waals surface area contributed by atoms with Gasteiger partial charge < -0.3 is 10.1 Å². The number of aromatic amines is 1. The number of para-hydroxylation sites is 2. The summed E-state index contributed by atoms with van der Waals surface area (Å²) in [6.07, 6.45) is 1.60. The Morgan fingerprint density at radius 2 is 2.06 bits per heavy atom. The highest BCUT2D eigenvalue weighted by molar-refractivity contribution is 6.06. The predicted molar refractivity (Wildman–Crippen MR) is 116 cm³/mol. The molecule has 8 nitrogen and oxygen atoms in total. The highest BCUT2D eigenvalue weighted by atomic mass is 16.5. The molecule has 2 aliphatic rings. The van der Waals surface area contributed by atoms with Crippen LogP contribution in [0.2, 0.25) is 0 Å². The van der Waals surface area contributed by atoms with Crippen LogP contribution in [0.1, 0.15) is 37.1 Å². The quantitative estimate of drug-likeness (QED) is 0.663. The van der Waals surface area contributed by atoms with E-state index in [1.54, 1.807) is 19.1 Å². The Hall–Kier alpha value is -3.68. The summed E-state index contributed by atoms with van der Waals surface area (Å²) in [5, 5.41) is 10.3. The highest BCUT2D eigenvalue weighted by Crippen LogP contribution is 2.39. The maximum atomic E-state index is 12.9. The lowest BCUT2D eigenvalue weighted by Crippen LogP contribution is -2.47. The fourth-order valence-corrected chi connectivity index (χ4v) is 3.74. The lowest BCUT2D eigenvalue weighted by atomic mass is 10.1. The largest absolute Gasteiger partial charge is 0.479 e. The van der Waals surface area contributed by atoms with Crippen molar-refractivity contribution >= 4 is 23.2 Å². The molecule has 3 aromatic rings. The minimum atomic E-state index is -0.647. The lowest BCUT2D eigenvalue weighted by Gasteiger charge is -2.32. The van der Waals surface area contributed by atoms with E-state index in [0.29, 0.717) is 28.9 Å². The van der Waals surface area contributed by atoms with Crippen molar-refractivity contribution < 1.29 is 14.3 Å². The number of aryl methyl sites for hydroxylation is 1. The van der Waals surface area contributed by atoms with Crippen molar-refractivity contribution in [3.05, 3.63) is 53.9 Å². The molecule has 1 saturated carbocycles. The third-order valence-electron chi connectivity index (χ3n) is 5.53. The van der Waals surface area contributed by atoms with Gasteiger partial charge in [-0.3, -0.25) is 19.6 Å².